The minimum absolute atomic E-state index is 0.366. The van der Waals surface area contributed by atoms with Gasteiger partial charge in [0.1, 0.15) is 5.60 Å². The second kappa shape index (κ2) is 8.74. The lowest BCUT2D eigenvalue weighted by atomic mass is 10.2. The van der Waals surface area contributed by atoms with E-state index in [0.717, 1.165) is 31.4 Å². The molecular weight excluding hydrogens is 268 g/mol. The van der Waals surface area contributed by atoms with Crippen LogP contribution in [-0.2, 0) is 4.74 Å². The number of amides is 1. The van der Waals surface area contributed by atoms with Gasteiger partial charge >= 0.3 is 6.09 Å². The van der Waals surface area contributed by atoms with E-state index < -0.39 is 5.60 Å². The Kier molecular flexibility index (Phi) is 7.32. The van der Waals surface area contributed by atoms with Gasteiger partial charge in [-0.15, -0.1) is 0 Å². The van der Waals surface area contributed by atoms with E-state index >= 15 is 0 Å². The first kappa shape index (κ1) is 17.6. The molecule has 0 aliphatic heterocycles. The van der Waals surface area contributed by atoms with E-state index in [4.69, 9.17) is 4.74 Å². The van der Waals surface area contributed by atoms with Crippen molar-refractivity contribution >= 4 is 12.1 Å². The minimum Gasteiger partial charge on any atom is -0.444 e. The number of guanidine groups is 1. The van der Waals surface area contributed by atoms with Crippen LogP contribution in [-0.4, -0.2) is 44.3 Å². The lowest BCUT2D eigenvalue weighted by Gasteiger charge is -2.19. The standard InChI is InChI=1S/C15H30N4O2/c1-15(2,3)21-14(20)19-10-5-9-17-13(16-4)18-11-8-12-6-7-12/h12H,5-11H2,1-4H3,(H,19,20)(H2,16,17,18). The highest BCUT2D eigenvalue weighted by Gasteiger charge is 2.20. The monoisotopic (exact) mass is 298 g/mol. The van der Waals surface area contributed by atoms with Gasteiger partial charge in [0.2, 0.25) is 0 Å². The molecule has 0 unspecified atom stereocenters. The van der Waals surface area contributed by atoms with Crippen molar-refractivity contribution in [2.24, 2.45) is 10.9 Å². The maximum absolute atomic E-state index is 11.4. The normalized spacial score (nSPS) is 15.5. The van der Waals surface area contributed by atoms with E-state index in [-0.39, 0.29) is 6.09 Å². The Bertz CT molecular complexity index is 346. The highest BCUT2D eigenvalue weighted by molar-refractivity contribution is 5.79. The van der Waals surface area contributed by atoms with Gasteiger partial charge in [-0.05, 0) is 39.5 Å². The lowest BCUT2D eigenvalue weighted by molar-refractivity contribution is 0.0527. The number of carbonyl (C=O) groups is 1. The fourth-order valence-electron chi connectivity index (χ4n) is 1.82. The van der Waals surface area contributed by atoms with Gasteiger partial charge in [-0.2, -0.15) is 0 Å². The van der Waals surface area contributed by atoms with Crippen LogP contribution in [0.25, 0.3) is 0 Å². The highest BCUT2D eigenvalue weighted by Crippen LogP contribution is 2.31. The molecule has 0 aromatic heterocycles. The van der Waals surface area contributed by atoms with Crippen LogP contribution in [0.5, 0.6) is 0 Å². The summed E-state index contributed by atoms with van der Waals surface area (Å²) < 4.78 is 5.16. The average Bonchev–Trinajstić information content (AvgIpc) is 3.18. The molecule has 1 fully saturated rings. The Morgan fingerprint density at radius 1 is 1.14 bits per heavy atom. The third-order valence-electron chi connectivity index (χ3n) is 3.08. The molecule has 0 radical (unpaired) electrons. The van der Waals surface area contributed by atoms with Gasteiger partial charge in [0.05, 0.1) is 0 Å². The van der Waals surface area contributed by atoms with Crippen molar-refractivity contribution in [3.63, 3.8) is 0 Å². The molecule has 1 saturated carbocycles. The van der Waals surface area contributed by atoms with Crippen molar-refractivity contribution in [3.05, 3.63) is 0 Å². The van der Waals surface area contributed by atoms with Gasteiger partial charge in [0.15, 0.2) is 5.96 Å². The summed E-state index contributed by atoms with van der Waals surface area (Å²) in [5.41, 5.74) is -0.449. The van der Waals surface area contributed by atoms with Crippen LogP contribution in [0.15, 0.2) is 4.99 Å². The van der Waals surface area contributed by atoms with Crippen LogP contribution < -0.4 is 16.0 Å². The zero-order valence-corrected chi connectivity index (χ0v) is 13.8. The first-order chi connectivity index (χ1) is 9.90. The second-order valence-electron chi connectivity index (χ2n) is 6.44. The van der Waals surface area contributed by atoms with E-state index in [1.54, 1.807) is 7.05 Å². The summed E-state index contributed by atoms with van der Waals surface area (Å²) in [5, 5.41) is 9.27. The van der Waals surface area contributed by atoms with Gasteiger partial charge in [0, 0.05) is 26.7 Å². The average molecular weight is 298 g/mol. The van der Waals surface area contributed by atoms with Crippen LogP contribution in [0.2, 0.25) is 0 Å². The first-order valence-electron chi connectivity index (χ1n) is 7.82. The van der Waals surface area contributed by atoms with Crippen molar-refractivity contribution in [2.45, 2.75) is 52.1 Å². The molecular formula is C15H30N4O2. The number of alkyl carbamates (subject to hydrolysis) is 1. The largest absolute Gasteiger partial charge is 0.444 e. The smallest absolute Gasteiger partial charge is 0.407 e. The first-order valence-corrected chi connectivity index (χ1v) is 7.82. The second-order valence-corrected chi connectivity index (χ2v) is 6.44. The zero-order valence-electron chi connectivity index (χ0n) is 13.8. The molecule has 0 aromatic rings. The quantitative estimate of drug-likeness (QED) is 0.381. The summed E-state index contributed by atoms with van der Waals surface area (Å²) in [5.74, 6) is 1.75. The SMILES string of the molecule is CN=C(NCCCNC(=O)OC(C)(C)C)NCCC1CC1. The minimum atomic E-state index is -0.449. The summed E-state index contributed by atoms with van der Waals surface area (Å²) in [7, 11) is 1.77. The molecule has 1 aliphatic rings. The van der Waals surface area contributed by atoms with Crippen molar-refractivity contribution < 1.29 is 9.53 Å². The molecule has 0 spiro atoms. The summed E-state index contributed by atoms with van der Waals surface area (Å²) in [6, 6.07) is 0. The Morgan fingerprint density at radius 3 is 2.33 bits per heavy atom. The maximum atomic E-state index is 11.4. The van der Waals surface area contributed by atoms with Gasteiger partial charge in [-0.1, -0.05) is 12.8 Å². The molecule has 122 valence electrons. The van der Waals surface area contributed by atoms with E-state index in [0.29, 0.717) is 6.54 Å². The molecule has 0 atom stereocenters. The summed E-state index contributed by atoms with van der Waals surface area (Å²) in [6.45, 7) is 7.88. The number of aliphatic imine (C=N–C) groups is 1. The topological polar surface area (TPSA) is 74.8 Å². The maximum Gasteiger partial charge on any atom is 0.407 e. The molecule has 1 aliphatic carbocycles. The molecule has 1 rings (SSSR count). The fraction of sp³-hybridized carbons (Fsp3) is 0.867. The van der Waals surface area contributed by atoms with Crippen molar-refractivity contribution in [3.8, 4) is 0 Å². The highest BCUT2D eigenvalue weighted by atomic mass is 16.6. The van der Waals surface area contributed by atoms with Crippen molar-refractivity contribution in [1.82, 2.24) is 16.0 Å². The number of rotatable bonds is 7. The number of nitrogens with zero attached hydrogens (tertiary/aromatic N) is 1. The number of nitrogens with one attached hydrogen (secondary N) is 3. The molecule has 0 aromatic carbocycles. The van der Waals surface area contributed by atoms with E-state index in [2.05, 4.69) is 20.9 Å². The molecule has 6 heteroatoms. The van der Waals surface area contributed by atoms with Gasteiger partial charge in [0.25, 0.3) is 0 Å². The third-order valence-corrected chi connectivity index (χ3v) is 3.08. The van der Waals surface area contributed by atoms with Crippen LogP contribution >= 0.6 is 0 Å². The number of hydrogen-bond donors (Lipinski definition) is 3. The van der Waals surface area contributed by atoms with E-state index in [1.165, 1.54) is 19.3 Å². The number of hydrogen-bond acceptors (Lipinski definition) is 3. The van der Waals surface area contributed by atoms with Crippen LogP contribution in [0, 0.1) is 5.92 Å². The number of ether oxygens (including phenoxy) is 1. The van der Waals surface area contributed by atoms with Gasteiger partial charge in [-0.25, -0.2) is 4.79 Å². The van der Waals surface area contributed by atoms with E-state index in [1.807, 2.05) is 20.8 Å². The Balaban J connectivity index is 1.99. The van der Waals surface area contributed by atoms with Crippen LogP contribution in [0.4, 0.5) is 4.79 Å². The molecule has 0 saturated heterocycles. The van der Waals surface area contributed by atoms with Crippen molar-refractivity contribution in [2.75, 3.05) is 26.7 Å². The summed E-state index contributed by atoms with van der Waals surface area (Å²) in [6.07, 6.45) is 4.44. The summed E-state index contributed by atoms with van der Waals surface area (Å²) in [4.78, 5) is 15.6. The molecule has 0 bridgehead atoms. The van der Waals surface area contributed by atoms with Crippen molar-refractivity contribution in [1.29, 1.82) is 0 Å². The molecule has 6 nitrogen and oxygen atoms in total. The van der Waals surface area contributed by atoms with Gasteiger partial charge < -0.3 is 20.7 Å². The molecule has 1 amide bonds. The fourth-order valence-corrected chi connectivity index (χ4v) is 1.82. The summed E-state index contributed by atoms with van der Waals surface area (Å²) >= 11 is 0. The van der Waals surface area contributed by atoms with Gasteiger partial charge in [-0.3, -0.25) is 4.99 Å². The Morgan fingerprint density at radius 2 is 1.76 bits per heavy atom. The lowest BCUT2D eigenvalue weighted by Crippen LogP contribution is -2.39. The molecule has 0 heterocycles. The van der Waals surface area contributed by atoms with Crippen LogP contribution in [0.1, 0.15) is 46.5 Å². The van der Waals surface area contributed by atoms with Crippen LogP contribution in [0.3, 0.4) is 0 Å². The predicted octanol–water partition coefficient (Wildman–Crippen LogP) is 1.87. The Labute approximate surface area is 128 Å². The van der Waals surface area contributed by atoms with E-state index in [9.17, 15) is 4.79 Å². The molecule has 3 N–H and O–H groups in total. The third kappa shape index (κ3) is 9.98. The number of carbonyl (C=O) groups excluding carboxylic acids is 1. The predicted molar refractivity (Wildman–Crippen MR) is 85.6 cm³/mol. The zero-order chi connectivity index (χ0) is 15.7. The molecule has 21 heavy (non-hydrogen) atoms. The Hall–Kier alpha value is -1.46.